The Morgan fingerprint density at radius 3 is 2.28 bits per heavy atom. The number of thioether (sulfide) groups is 1. The minimum atomic E-state index is -0.545. The highest BCUT2D eigenvalue weighted by molar-refractivity contribution is 8.00. The van der Waals surface area contributed by atoms with Crippen LogP contribution in [0.3, 0.4) is 0 Å². The van der Waals surface area contributed by atoms with Crippen molar-refractivity contribution in [2.75, 3.05) is 37.2 Å². The third-order valence-corrected chi connectivity index (χ3v) is 7.62. The fraction of sp³-hybridized carbons (Fsp3) is 0.194. The molecule has 0 bridgehead atoms. The Balaban J connectivity index is 1.44. The van der Waals surface area contributed by atoms with Gasteiger partial charge in [-0.25, -0.2) is 0 Å². The molecule has 46 heavy (non-hydrogen) atoms. The van der Waals surface area contributed by atoms with Crippen LogP contribution in [0.15, 0.2) is 108 Å². The first-order valence-corrected chi connectivity index (χ1v) is 15.7. The Morgan fingerprint density at radius 1 is 0.804 bits per heavy atom. The molecule has 0 saturated carbocycles. The first-order chi connectivity index (χ1) is 22.4. The quantitative estimate of drug-likeness (QED) is 0.0727. The third kappa shape index (κ3) is 9.90. The lowest BCUT2D eigenvalue weighted by molar-refractivity contribution is -0.114. The number of rotatable bonds is 15. The Kier molecular flexibility index (Phi) is 12.7. The highest BCUT2D eigenvalue weighted by atomic mass is 32.2. The summed E-state index contributed by atoms with van der Waals surface area (Å²) >= 11 is 1.33. The third-order valence-electron chi connectivity index (χ3n) is 6.63. The van der Waals surface area contributed by atoms with Crippen molar-refractivity contribution in [2.24, 2.45) is 0 Å². The Bertz CT molecular complexity index is 1660. The second-order valence-corrected chi connectivity index (χ2v) is 11.1. The number of nitrogens with one attached hydrogen (secondary N) is 3. The molecular formula is C36H37N3O6S. The molecule has 0 saturated heterocycles. The van der Waals surface area contributed by atoms with Crippen molar-refractivity contribution in [1.29, 1.82) is 0 Å². The molecule has 0 heterocycles. The Hall–Kier alpha value is -5.22. The molecule has 9 nitrogen and oxygen atoms in total. The number of para-hydroxylation sites is 1. The van der Waals surface area contributed by atoms with Crippen molar-refractivity contribution in [3.63, 3.8) is 0 Å². The van der Waals surface area contributed by atoms with E-state index in [9.17, 15) is 14.4 Å². The predicted molar refractivity (Wildman–Crippen MR) is 183 cm³/mol. The topological polar surface area (TPSA) is 115 Å². The molecule has 10 heteroatoms. The van der Waals surface area contributed by atoms with E-state index in [1.54, 1.807) is 66.7 Å². The lowest BCUT2D eigenvalue weighted by Gasteiger charge is -2.14. The zero-order valence-corrected chi connectivity index (χ0v) is 26.8. The van der Waals surface area contributed by atoms with Gasteiger partial charge in [-0.05, 0) is 73.2 Å². The minimum Gasteiger partial charge on any atom is -0.494 e. The van der Waals surface area contributed by atoms with Gasteiger partial charge < -0.3 is 30.2 Å². The van der Waals surface area contributed by atoms with Crippen molar-refractivity contribution >= 4 is 46.9 Å². The van der Waals surface area contributed by atoms with Gasteiger partial charge in [0.1, 0.15) is 11.4 Å². The van der Waals surface area contributed by atoms with Gasteiger partial charge in [-0.3, -0.25) is 14.4 Å². The molecule has 3 N–H and O–H groups in total. The molecule has 238 valence electrons. The molecule has 0 aliphatic carbocycles. The number of carbonyl (C=O) groups is 3. The summed E-state index contributed by atoms with van der Waals surface area (Å²) in [6.07, 6.45) is 3.58. The Morgan fingerprint density at radius 2 is 1.57 bits per heavy atom. The normalized spacial score (nSPS) is 10.9. The van der Waals surface area contributed by atoms with Gasteiger partial charge in [-0.2, -0.15) is 0 Å². The van der Waals surface area contributed by atoms with Crippen LogP contribution < -0.4 is 30.2 Å². The first-order valence-electron chi connectivity index (χ1n) is 14.8. The second-order valence-electron chi connectivity index (χ2n) is 10.0. The molecule has 4 aromatic rings. The molecule has 0 fully saturated rings. The molecule has 3 amide bonds. The number of methoxy groups -OCH3 is 2. The van der Waals surface area contributed by atoms with Crippen molar-refractivity contribution < 1.29 is 28.6 Å². The summed E-state index contributed by atoms with van der Waals surface area (Å²) in [5.41, 5.74) is 2.10. The fourth-order valence-electron chi connectivity index (χ4n) is 4.30. The van der Waals surface area contributed by atoms with Gasteiger partial charge in [0.25, 0.3) is 11.8 Å². The highest BCUT2D eigenvalue weighted by Gasteiger charge is 2.18. The maximum atomic E-state index is 13.6. The van der Waals surface area contributed by atoms with Gasteiger partial charge in [-0.1, -0.05) is 49.7 Å². The SMILES string of the molecule is CCCCOc1ccc(NC(=O)CSc2cccc(NC(=O)/C(=C\c3cccc(OC)c3OC)NC(=O)c3ccccc3)c2)cc1. The molecule has 0 aliphatic rings. The smallest absolute Gasteiger partial charge is 0.272 e. The van der Waals surface area contributed by atoms with Crippen molar-refractivity contribution in [1.82, 2.24) is 5.32 Å². The molecule has 4 aromatic carbocycles. The van der Waals surface area contributed by atoms with E-state index in [0.29, 0.717) is 40.6 Å². The second kappa shape index (κ2) is 17.3. The number of carbonyl (C=O) groups excluding carboxylic acids is 3. The van der Waals surface area contributed by atoms with Crippen molar-refractivity contribution in [3.8, 4) is 17.2 Å². The van der Waals surface area contributed by atoms with E-state index >= 15 is 0 Å². The van der Waals surface area contributed by atoms with Gasteiger partial charge in [0.15, 0.2) is 11.5 Å². The number of hydrogen-bond donors (Lipinski definition) is 3. The molecule has 0 aliphatic heterocycles. The fourth-order valence-corrected chi connectivity index (χ4v) is 5.06. The van der Waals surface area contributed by atoms with E-state index in [2.05, 4.69) is 22.9 Å². The van der Waals surface area contributed by atoms with Crippen LogP contribution >= 0.6 is 11.8 Å². The molecule has 0 radical (unpaired) electrons. The minimum absolute atomic E-state index is 0.000350. The summed E-state index contributed by atoms with van der Waals surface area (Å²) in [4.78, 5) is 40.0. The van der Waals surface area contributed by atoms with Crippen LogP contribution in [0.1, 0.15) is 35.7 Å². The zero-order chi connectivity index (χ0) is 32.7. The summed E-state index contributed by atoms with van der Waals surface area (Å²) in [5.74, 6) is 0.666. The van der Waals surface area contributed by atoms with E-state index < -0.39 is 11.8 Å². The van der Waals surface area contributed by atoms with Gasteiger partial charge in [0.05, 0.1) is 26.6 Å². The predicted octanol–water partition coefficient (Wildman–Crippen LogP) is 7.02. The summed E-state index contributed by atoms with van der Waals surface area (Å²) in [5, 5.41) is 8.48. The summed E-state index contributed by atoms with van der Waals surface area (Å²) < 4.78 is 16.6. The maximum absolute atomic E-state index is 13.6. The molecule has 0 spiro atoms. The average molecular weight is 640 g/mol. The van der Waals surface area contributed by atoms with Gasteiger partial charge in [0.2, 0.25) is 5.91 Å². The lowest BCUT2D eigenvalue weighted by atomic mass is 10.1. The first kappa shape index (κ1) is 33.7. The molecule has 0 atom stereocenters. The van der Waals surface area contributed by atoms with Gasteiger partial charge in [0, 0.05) is 27.4 Å². The average Bonchev–Trinajstić information content (AvgIpc) is 3.08. The molecular weight excluding hydrogens is 602 g/mol. The molecule has 0 aromatic heterocycles. The number of benzene rings is 4. The van der Waals surface area contributed by atoms with Crippen LogP contribution in [0.25, 0.3) is 6.08 Å². The molecule has 4 rings (SSSR count). The van der Waals surface area contributed by atoms with Crippen LogP contribution in [0.4, 0.5) is 11.4 Å². The lowest BCUT2D eigenvalue weighted by Crippen LogP contribution is -2.30. The number of unbranched alkanes of at least 4 members (excludes halogenated alkanes) is 1. The summed E-state index contributed by atoms with van der Waals surface area (Å²) in [6.45, 7) is 2.77. The van der Waals surface area contributed by atoms with E-state index in [1.807, 2.05) is 30.3 Å². The van der Waals surface area contributed by atoms with Crippen LogP contribution in [-0.2, 0) is 9.59 Å². The largest absolute Gasteiger partial charge is 0.494 e. The van der Waals surface area contributed by atoms with Crippen molar-refractivity contribution in [2.45, 2.75) is 24.7 Å². The van der Waals surface area contributed by atoms with Crippen LogP contribution in [0.2, 0.25) is 0 Å². The summed E-state index contributed by atoms with van der Waals surface area (Å²) in [7, 11) is 3.02. The van der Waals surface area contributed by atoms with Crippen LogP contribution in [-0.4, -0.2) is 44.3 Å². The number of ether oxygens (including phenoxy) is 3. The van der Waals surface area contributed by atoms with E-state index in [0.717, 1.165) is 23.5 Å². The standard InChI is InChI=1S/C36H37N3O6S/c1-4-5-21-45-29-19-17-27(18-20-29)37-33(40)24-46-30-15-10-14-28(23-30)38-36(42)31(39-35(41)25-11-7-6-8-12-25)22-26-13-9-16-32(43-2)34(26)44-3/h6-20,22-23H,4-5,21,24H2,1-3H3,(H,37,40)(H,38,42)(H,39,41)/b31-22+. The highest BCUT2D eigenvalue weighted by Crippen LogP contribution is 2.32. The van der Waals surface area contributed by atoms with Crippen LogP contribution in [0, 0.1) is 0 Å². The van der Waals surface area contributed by atoms with Crippen molar-refractivity contribution in [3.05, 3.63) is 114 Å². The monoisotopic (exact) mass is 639 g/mol. The van der Waals surface area contributed by atoms with Gasteiger partial charge in [-0.15, -0.1) is 11.8 Å². The van der Waals surface area contributed by atoms with Crippen LogP contribution in [0.5, 0.6) is 17.2 Å². The number of anilines is 2. The maximum Gasteiger partial charge on any atom is 0.272 e. The number of hydrogen-bond acceptors (Lipinski definition) is 7. The van der Waals surface area contributed by atoms with E-state index in [1.165, 1.54) is 32.1 Å². The Labute approximate surface area is 273 Å². The zero-order valence-electron chi connectivity index (χ0n) is 26.0. The van der Waals surface area contributed by atoms with E-state index in [4.69, 9.17) is 14.2 Å². The molecule has 0 unspecified atom stereocenters. The summed E-state index contributed by atoms with van der Waals surface area (Å²) in [6, 6.07) is 28.3. The number of amides is 3. The van der Waals surface area contributed by atoms with Gasteiger partial charge >= 0.3 is 0 Å². The van der Waals surface area contributed by atoms with E-state index in [-0.39, 0.29) is 17.4 Å².